The van der Waals surface area contributed by atoms with E-state index in [4.69, 9.17) is 0 Å². The molecular formula is C10H24N2. The maximum atomic E-state index is 3.34. The molecule has 1 N–H and O–H groups in total. The number of nitrogens with one attached hydrogen (secondary N) is 1. The zero-order chi connectivity index (χ0) is 9.19. The molecule has 1 heterocycles. The van der Waals surface area contributed by atoms with Gasteiger partial charge >= 0.3 is 0 Å². The molecule has 1 saturated heterocycles. The van der Waals surface area contributed by atoms with Gasteiger partial charge in [0.1, 0.15) is 0 Å². The van der Waals surface area contributed by atoms with Crippen molar-refractivity contribution >= 4 is 0 Å². The number of hydrogen-bond donors (Lipinski definition) is 1. The minimum absolute atomic E-state index is 0. The molecule has 2 nitrogen and oxygen atoms in total. The Labute approximate surface area is 77.8 Å². The van der Waals surface area contributed by atoms with Gasteiger partial charge in [0.25, 0.3) is 0 Å². The van der Waals surface area contributed by atoms with E-state index in [2.05, 4.69) is 38.0 Å². The summed E-state index contributed by atoms with van der Waals surface area (Å²) in [5, 5.41) is 3.34. The van der Waals surface area contributed by atoms with Crippen LogP contribution in [0.2, 0.25) is 0 Å². The molecule has 0 aliphatic carbocycles. The molecule has 0 saturated carbocycles. The van der Waals surface area contributed by atoms with Gasteiger partial charge in [-0.05, 0) is 39.3 Å². The number of rotatable bonds is 4. The fraction of sp³-hybridized carbons (Fsp3) is 1.00. The van der Waals surface area contributed by atoms with Crippen LogP contribution < -0.4 is 5.32 Å². The molecule has 12 heavy (non-hydrogen) atoms. The van der Waals surface area contributed by atoms with E-state index in [-0.39, 0.29) is 1.43 Å². The first-order chi connectivity index (χ1) is 5.53. The average Bonchev–Trinajstić information content (AvgIpc) is 1.96. The molecular weight excluding hydrogens is 148 g/mol. The highest BCUT2D eigenvalue weighted by Crippen LogP contribution is 2.25. The standard InChI is InChI=1S/C10H22N2.H2/c1-9(2)12(4)6-5-10(3)7-11-8-10;/h9,11H,5-8H2,1-4H3;1H. The summed E-state index contributed by atoms with van der Waals surface area (Å²) >= 11 is 0. The lowest BCUT2D eigenvalue weighted by molar-refractivity contribution is 0.143. The van der Waals surface area contributed by atoms with Crippen LogP contribution in [0.25, 0.3) is 0 Å². The minimum Gasteiger partial charge on any atom is -0.316 e. The second-order valence-corrected chi connectivity index (χ2v) is 4.74. The van der Waals surface area contributed by atoms with Crippen molar-refractivity contribution in [3.05, 3.63) is 0 Å². The Morgan fingerprint density at radius 2 is 2.08 bits per heavy atom. The molecule has 74 valence electrons. The van der Waals surface area contributed by atoms with Gasteiger partial charge in [-0.2, -0.15) is 0 Å². The van der Waals surface area contributed by atoms with Crippen molar-refractivity contribution in [2.24, 2.45) is 5.41 Å². The third kappa shape index (κ3) is 2.46. The topological polar surface area (TPSA) is 15.3 Å². The summed E-state index contributed by atoms with van der Waals surface area (Å²) in [5.74, 6) is 0. The Morgan fingerprint density at radius 1 is 1.50 bits per heavy atom. The third-order valence-electron chi connectivity index (χ3n) is 3.05. The van der Waals surface area contributed by atoms with Crippen molar-refractivity contribution in [2.45, 2.75) is 33.2 Å². The van der Waals surface area contributed by atoms with Gasteiger partial charge in [0.15, 0.2) is 0 Å². The number of nitrogens with zero attached hydrogens (tertiary/aromatic N) is 1. The zero-order valence-corrected chi connectivity index (χ0v) is 8.85. The maximum absolute atomic E-state index is 3.34. The fourth-order valence-corrected chi connectivity index (χ4v) is 1.43. The Kier molecular flexibility index (Phi) is 3.13. The van der Waals surface area contributed by atoms with Crippen LogP contribution in [-0.4, -0.2) is 37.6 Å². The highest BCUT2D eigenvalue weighted by atomic mass is 15.1. The molecule has 0 radical (unpaired) electrons. The predicted octanol–water partition coefficient (Wildman–Crippen LogP) is 1.57. The molecule has 0 aromatic heterocycles. The van der Waals surface area contributed by atoms with E-state index in [1.54, 1.807) is 0 Å². The second-order valence-electron chi connectivity index (χ2n) is 4.74. The first kappa shape index (κ1) is 10.0. The summed E-state index contributed by atoms with van der Waals surface area (Å²) in [7, 11) is 2.21. The Bertz CT molecular complexity index is 144. The largest absolute Gasteiger partial charge is 0.316 e. The number of hydrogen-bond acceptors (Lipinski definition) is 2. The summed E-state index contributed by atoms with van der Waals surface area (Å²) < 4.78 is 0. The van der Waals surface area contributed by atoms with Gasteiger partial charge in [-0.3, -0.25) is 0 Å². The van der Waals surface area contributed by atoms with Gasteiger partial charge in [-0.15, -0.1) is 0 Å². The van der Waals surface area contributed by atoms with E-state index in [1.165, 1.54) is 26.1 Å². The van der Waals surface area contributed by atoms with Crippen LogP contribution in [0.3, 0.4) is 0 Å². The lowest BCUT2D eigenvalue weighted by Crippen LogP contribution is -2.52. The van der Waals surface area contributed by atoms with Crippen LogP contribution in [0.4, 0.5) is 0 Å². The van der Waals surface area contributed by atoms with Crippen LogP contribution in [0, 0.1) is 5.41 Å². The molecule has 0 bridgehead atoms. The molecule has 0 aromatic rings. The van der Waals surface area contributed by atoms with Gasteiger partial charge in [-0.1, -0.05) is 6.92 Å². The third-order valence-corrected chi connectivity index (χ3v) is 3.05. The fourth-order valence-electron chi connectivity index (χ4n) is 1.43. The van der Waals surface area contributed by atoms with E-state index in [9.17, 15) is 0 Å². The average molecular weight is 172 g/mol. The molecule has 0 spiro atoms. The van der Waals surface area contributed by atoms with E-state index in [0.29, 0.717) is 11.5 Å². The van der Waals surface area contributed by atoms with Gasteiger partial charge in [0, 0.05) is 20.6 Å². The molecule has 0 amide bonds. The molecule has 0 aromatic carbocycles. The van der Waals surface area contributed by atoms with E-state index >= 15 is 0 Å². The van der Waals surface area contributed by atoms with Crippen molar-refractivity contribution in [3.8, 4) is 0 Å². The molecule has 1 aliphatic heterocycles. The van der Waals surface area contributed by atoms with Crippen LogP contribution in [0.5, 0.6) is 0 Å². The maximum Gasteiger partial charge on any atom is 0.00355 e. The van der Waals surface area contributed by atoms with Crippen molar-refractivity contribution in [3.63, 3.8) is 0 Å². The highest BCUT2D eigenvalue weighted by Gasteiger charge is 2.31. The highest BCUT2D eigenvalue weighted by molar-refractivity contribution is 4.88. The lowest BCUT2D eigenvalue weighted by atomic mass is 9.81. The Hall–Kier alpha value is -0.0800. The van der Waals surface area contributed by atoms with Gasteiger partial charge < -0.3 is 10.2 Å². The summed E-state index contributed by atoms with van der Waals surface area (Å²) in [6, 6.07) is 0.682. The van der Waals surface area contributed by atoms with Crippen LogP contribution in [0.15, 0.2) is 0 Å². The van der Waals surface area contributed by atoms with Crippen LogP contribution in [-0.2, 0) is 0 Å². The van der Waals surface area contributed by atoms with E-state index in [0.717, 1.165) is 0 Å². The van der Waals surface area contributed by atoms with Gasteiger partial charge in [0.05, 0.1) is 0 Å². The van der Waals surface area contributed by atoms with Crippen LogP contribution in [0.1, 0.15) is 28.6 Å². The predicted molar refractivity (Wildman–Crippen MR) is 55.5 cm³/mol. The molecule has 1 rings (SSSR count). The summed E-state index contributed by atoms with van der Waals surface area (Å²) in [6.45, 7) is 10.5. The van der Waals surface area contributed by atoms with E-state index < -0.39 is 0 Å². The Balaban J connectivity index is 0.00000144. The zero-order valence-electron chi connectivity index (χ0n) is 8.85. The Morgan fingerprint density at radius 3 is 2.42 bits per heavy atom. The van der Waals surface area contributed by atoms with Crippen molar-refractivity contribution in [1.29, 1.82) is 0 Å². The summed E-state index contributed by atoms with van der Waals surface area (Å²) in [4.78, 5) is 2.42. The molecule has 0 unspecified atom stereocenters. The van der Waals surface area contributed by atoms with Crippen molar-refractivity contribution < 1.29 is 1.43 Å². The van der Waals surface area contributed by atoms with Crippen molar-refractivity contribution in [2.75, 3.05) is 26.7 Å². The normalized spacial score (nSPS) is 21.5. The minimum atomic E-state index is 0. The SMILES string of the molecule is CC(C)N(C)CCC1(C)CNC1.[HH]. The van der Waals surface area contributed by atoms with Crippen LogP contribution >= 0.6 is 0 Å². The lowest BCUT2D eigenvalue weighted by Gasteiger charge is -2.40. The van der Waals surface area contributed by atoms with Gasteiger partial charge in [0.2, 0.25) is 0 Å². The molecule has 1 aliphatic rings. The molecule has 0 atom stereocenters. The van der Waals surface area contributed by atoms with Gasteiger partial charge in [-0.25, -0.2) is 0 Å². The second kappa shape index (κ2) is 3.75. The molecule has 1 fully saturated rings. The first-order valence-electron chi connectivity index (χ1n) is 4.94. The quantitative estimate of drug-likeness (QED) is 0.692. The first-order valence-corrected chi connectivity index (χ1v) is 4.94. The van der Waals surface area contributed by atoms with E-state index in [1.807, 2.05) is 0 Å². The summed E-state index contributed by atoms with van der Waals surface area (Å²) in [6.07, 6.45) is 1.33. The van der Waals surface area contributed by atoms with Crippen molar-refractivity contribution in [1.82, 2.24) is 10.2 Å². The molecule has 2 heteroatoms. The monoisotopic (exact) mass is 172 g/mol. The summed E-state index contributed by atoms with van der Waals surface area (Å²) in [5.41, 5.74) is 0.586. The smallest absolute Gasteiger partial charge is 0.00355 e.